The van der Waals surface area contributed by atoms with Gasteiger partial charge in [-0.05, 0) is 85.2 Å². The van der Waals surface area contributed by atoms with Gasteiger partial charge in [-0.2, -0.15) is 0 Å². The molecule has 1 aromatic heterocycles. The van der Waals surface area contributed by atoms with Crippen LogP contribution >= 0.6 is 0 Å². The predicted octanol–water partition coefficient (Wildman–Crippen LogP) is 5.66. The van der Waals surface area contributed by atoms with Crippen LogP contribution in [-0.4, -0.2) is 17.1 Å². The van der Waals surface area contributed by atoms with Crippen LogP contribution < -0.4 is 0 Å². The number of allylic oxidation sites excluding steroid dienone is 3. The molecule has 2 saturated carbocycles. The highest BCUT2D eigenvalue weighted by molar-refractivity contribution is 5.66. The van der Waals surface area contributed by atoms with E-state index in [9.17, 15) is 4.79 Å². The molecular weight excluding hydrogens is 358 g/mol. The third kappa shape index (κ3) is 3.17. The summed E-state index contributed by atoms with van der Waals surface area (Å²) in [6.07, 6.45) is 20.9. The first kappa shape index (κ1) is 19.1. The third-order valence-electron chi connectivity index (χ3n) is 8.74. The molecule has 5 rings (SSSR count). The van der Waals surface area contributed by atoms with Gasteiger partial charge in [-0.15, -0.1) is 0 Å². The summed E-state index contributed by atoms with van der Waals surface area (Å²) in [4.78, 5) is 15.8. The van der Waals surface area contributed by atoms with Crippen LogP contribution in [0.25, 0.3) is 0 Å². The zero-order valence-corrected chi connectivity index (χ0v) is 17.8. The number of pyridine rings is 1. The molecule has 4 aliphatic rings. The van der Waals surface area contributed by atoms with E-state index in [0.717, 1.165) is 43.4 Å². The van der Waals surface area contributed by atoms with Crippen LogP contribution in [0.2, 0.25) is 0 Å². The summed E-state index contributed by atoms with van der Waals surface area (Å²) in [5.41, 5.74) is 3.56. The number of aromatic nitrogens is 1. The summed E-state index contributed by atoms with van der Waals surface area (Å²) in [6, 6.07) is 4.32. The van der Waals surface area contributed by atoms with Gasteiger partial charge in [0.05, 0.1) is 0 Å². The van der Waals surface area contributed by atoms with Crippen molar-refractivity contribution < 1.29 is 9.53 Å². The van der Waals surface area contributed by atoms with Crippen molar-refractivity contribution in [1.82, 2.24) is 4.98 Å². The summed E-state index contributed by atoms with van der Waals surface area (Å²) < 4.78 is 5.58. The summed E-state index contributed by atoms with van der Waals surface area (Å²) in [5, 5.41) is 0. The zero-order chi connectivity index (χ0) is 20.1. The lowest BCUT2D eigenvalue weighted by molar-refractivity contribution is -0.148. The average molecular weight is 392 g/mol. The molecule has 6 atom stereocenters. The van der Waals surface area contributed by atoms with Gasteiger partial charge in [-0.3, -0.25) is 9.78 Å². The number of nitrogens with zero attached hydrogens (tertiary/aromatic N) is 1. The van der Waals surface area contributed by atoms with Gasteiger partial charge in [-0.1, -0.05) is 36.8 Å². The average Bonchev–Trinajstić information content (AvgIpc) is 3.12. The van der Waals surface area contributed by atoms with Gasteiger partial charge in [0.2, 0.25) is 0 Å². The molecule has 1 aromatic rings. The fraction of sp³-hybridized carbons (Fsp3) is 0.615. The molecule has 0 spiro atoms. The molecule has 1 heterocycles. The predicted molar refractivity (Wildman–Crippen MR) is 114 cm³/mol. The Morgan fingerprint density at radius 2 is 2.14 bits per heavy atom. The van der Waals surface area contributed by atoms with E-state index in [1.54, 1.807) is 5.57 Å². The summed E-state index contributed by atoms with van der Waals surface area (Å²) in [5.74, 6) is 2.16. The molecule has 154 valence electrons. The molecule has 4 aliphatic carbocycles. The molecule has 0 N–H and O–H groups in total. The topological polar surface area (TPSA) is 39.2 Å². The highest BCUT2D eigenvalue weighted by Gasteiger charge is 2.56. The second-order valence-corrected chi connectivity index (χ2v) is 10.2. The summed E-state index contributed by atoms with van der Waals surface area (Å²) in [6.45, 7) is 4.05. The molecule has 29 heavy (non-hydrogen) atoms. The van der Waals surface area contributed by atoms with Gasteiger partial charge >= 0.3 is 5.97 Å². The molecule has 2 fully saturated rings. The standard InChI is InChI=1S/C26H33NO2/c1-18(28)29-21-9-12-25(2)20(15-21)7-8-22-23(25)10-13-26(11-3-6-24(22)26)16-19-5-4-14-27-17-19/h3-5,7,11,14,17,21-24H,6,8-10,12-13,15-16H2,1-2H3/t21?,22-,23+,24+,25+,26+/m1/s1. The summed E-state index contributed by atoms with van der Waals surface area (Å²) >= 11 is 0. The van der Waals surface area contributed by atoms with E-state index >= 15 is 0 Å². The number of esters is 1. The van der Waals surface area contributed by atoms with Crippen LogP contribution in [0.1, 0.15) is 64.4 Å². The van der Waals surface area contributed by atoms with Crippen molar-refractivity contribution in [2.24, 2.45) is 28.6 Å². The number of ether oxygens (including phenoxy) is 1. The molecule has 1 unspecified atom stereocenters. The van der Waals surface area contributed by atoms with E-state index in [0.29, 0.717) is 10.8 Å². The number of carbonyl (C=O) groups excluding carboxylic acids is 1. The quantitative estimate of drug-likeness (QED) is 0.493. The smallest absolute Gasteiger partial charge is 0.302 e. The van der Waals surface area contributed by atoms with Gasteiger partial charge in [0.1, 0.15) is 6.10 Å². The Labute approximate surface area is 174 Å². The van der Waals surface area contributed by atoms with E-state index < -0.39 is 0 Å². The first-order valence-electron chi connectivity index (χ1n) is 11.4. The van der Waals surface area contributed by atoms with Gasteiger partial charge in [0.25, 0.3) is 0 Å². The molecule has 0 radical (unpaired) electrons. The lowest BCUT2D eigenvalue weighted by Crippen LogP contribution is -2.50. The van der Waals surface area contributed by atoms with Gasteiger partial charge in [-0.25, -0.2) is 0 Å². The summed E-state index contributed by atoms with van der Waals surface area (Å²) in [7, 11) is 0. The Kier molecular flexibility index (Phi) is 4.68. The fourth-order valence-electron chi connectivity index (χ4n) is 7.43. The highest BCUT2D eigenvalue weighted by atomic mass is 16.5. The van der Waals surface area contributed by atoms with E-state index in [2.05, 4.69) is 48.5 Å². The van der Waals surface area contributed by atoms with E-state index in [-0.39, 0.29) is 12.1 Å². The maximum absolute atomic E-state index is 11.4. The Hall–Kier alpha value is -1.90. The molecule has 0 aromatic carbocycles. The minimum Gasteiger partial charge on any atom is -0.462 e. The van der Waals surface area contributed by atoms with Crippen molar-refractivity contribution in [3.63, 3.8) is 0 Å². The third-order valence-corrected chi connectivity index (χ3v) is 8.74. The van der Waals surface area contributed by atoms with Crippen molar-refractivity contribution >= 4 is 5.97 Å². The largest absolute Gasteiger partial charge is 0.462 e. The van der Waals surface area contributed by atoms with Crippen molar-refractivity contribution in [3.05, 3.63) is 53.9 Å². The highest BCUT2D eigenvalue weighted by Crippen LogP contribution is 2.64. The SMILES string of the molecule is CC(=O)OC1CC[C@@]2(C)C(=CC[C@H]3[C@@H]4CC=C[C@@]4(Cc4cccnc4)CC[C@@H]32)C1. The second-order valence-electron chi connectivity index (χ2n) is 10.2. The van der Waals surface area contributed by atoms with E-state index in [1.165, 1.54) is 38.2 Å². The van der Waals surface area contributed by atoms with Gasteiger partial charge in [0, 0.05) is 25.7 Å². The number of fused-ring (bicyclic) bond motifs is 5. The first-order valence-corrected chi connectivity index (χ1v) is 11.4. The lowest BCUT2D eigenvalue weighted by Gasteiger charge is -2.58. The van der Waals surface area contributed by atoms with Crippen molar-refractivity contribution in [3.8, 4) is 0 Å². The van der Waals surface area contributed by atoms with Crippen molar-refractivity contribution in [2.75, 3.05) is 0 Å². The van der Waals surface area contributed by atoms with Crippen LogP contribution in [0, 0.1) is 28.6 Å². The van der Waals surface area contributed by atoms with E-state index in [4.69, 9.17) is 4.74 Å². The minimum absolute atomic E-state index is 0.0878. The van der Waals surface area contributed by atoms with Gasteiger partial charge in [0.15, 0.2) is 0 Å². The number of hydrogen-bond acceptors (Lipinski definition) is 3. The van der Waals surface area contributed by atoms with Crippen LogP contribution in [0.5, 0.6) is 0 Å². The van der Waals surface area contributed by atoms with Crippen LogP contribution in [0.4, 0.5) is 0 Å². The zero-order valence-electron chi connectivity index (χ0n) is 17.8. The fourth-order valence-corrected chi connectivity index (χ4v) is 7.43. The number of hydrogen-bond donors (Lipinski definition) is 0. The Morgan fingerprint density at radius 3 is 2.93 bits per heavy atom. The normalized spacial score (nSPS) is 40.4. The minimum atomic E-state index is -0.136. The van der Waals surface area contributed by atoms with Crippen molar-refractivity contribution in [2.45, 2.75) is 71.3 Å². The molecule has 0 saturated heterocycles. The molecule has 0 aliphatic heterocycles. The molecule has 0 bridgehead atoms. The van der Waals surface area contributed by atoms with E-state index in [1.807, 2.05) is 6.20 Å². The van der Waals surface area contributed by atoms with Crippen LogP contribution in [0.15, 0.2) is 48.3 Å². The van der Waals surface area contributed by atoms with Crippen LogP contribution in [-0.2, 0) is 16.0 Å². The second kappa shape index (κ2) is 7.11. The molecule has 0 amide bonds. The maximum atomic E-state index is 11.4. The monoisotopic (exact) mass is 391 g/mol. The molecule has 3 heteroatoms. The Morgan fingerprint density at radius 1 is 1.24 bits per heavy atom. The first-order chi connectivity index (χ1) is 14.0. The lowest BCUT2D eigenvalue weighted by atomic mass is 9.47. The Balaban J connectivity index is 1.39. The van der Waals surface area contributed by atoms with Crippen molar-refractivity contribution in [1.29, 1.82) is 0 Å². The maximum Gasteiger partial charge on any atom is 0.302 e. The molecule has 3 nitrogen and oxygen atoms in total. The van der Waals surface area contributed by atoms with Gasteiger partial charge < -0.3 is 4.74 Å². The number of carbonyl (C=O) groups is 1. The molecular formula is C26H33NO2. The Bertz CT molecular complexity index is 844. The van der Waals surface area contributed by atoms with Crippen LogP contribution in [0.3, 0.4) is 0 Å². The number of rotatable bonds is 3.